The van der Waals surface area contributed by atoms with Crippen LogP contribution in [0.4, 0.5) is 13.6 Å². The predicted octanol–water partition coefficient (Wildman–Crippen LogP) is 3.76. The van der Waals surface area contributed by atoms with E-state index in [2.05, 4.69) is 15.3 Å². The number of aromatic nitrogens is 4. The van der Waals surface area contributed by atoms with Crippen LogP contribution in [0.3, 0.4) is 0 Å². The molecule has 0 atom stereocenters. The van der Waals surface area contributed by atoms with E-state index >= 15 is 0 Å². The van der Waals surface area contributed by atoms with Gasteiger partial charge in [0.05, 0.1) is 17.9 Å². The van der Waals surface area contributed by atoms with Crippen LogP contribution in [-0.4, -0.2) is 44.1 Å². The van der Waals surface area contributed by atoms with E-state index in [1.807, 2.05) is 0 Å². The molecule has 0 aliphatic carbocycles. The lowest BCUT2D eigenvalue weighted by atomic mass is 10.1. The Morgan fingerprint density at radius 3 is 2.72 bits per heavy atom. The van der Waals surface area contributed by atoms with Crippen molar-refractivity contribution in [2.24, 2.45) is 0 Å². The number of carbonyl (C=O) groups excluding carboxylic acids is 1. The number of piperidine rings is 1. The number of ether oxygens (including phenoxy) is 1. The minimum absolute atomic E-state index is 0.0314. The number of pyridine rings is 1. The Labute approximate surface area is 165 Å². The molecule has 7 nitrogen and oxygen atoms in total. The van der Waals surface area contributed by atoms with E-state index in [0.717, 1.165) is 6.07 Å². The number of carbonyl (C=O) groups is 1. The van der Waals surface area contributed by atoms with Gasteiger partial charge >= 0.3 is 6.09 Å². The van der Waals surface area contributed by atoms with E-state index in [1.54, 1.807) is 41.0 Å². The maximum absolute atomic E-state index is 14.0. The molecule has 1 amide bonds. The van der Waals surface area contributed by atoms with Gasteiger partial charge in [0.25, 0.3) is 0 Å². The molecule has 150 valence electrons. The molecular weight excluding hydrogens is 380 g/mol. The highest BCUT2D eigenvalue weighted by Crippen LogP contribution is 2.26. The minimum Gasteiger partial charge on any atom is -0.408 e. The van der Waals surface area contributed by atoms with Crippen LogP contribution in [0.2, 0.25) is 0 Å². The van der Waals surface area contributed by atoms with Crippen LogP contribution in [0, 0.1) is 18.6 Å². The van der Waals surface area contributed by atoms with Gasteiger partial charge in [0.15, 0.2) is 5.75 Å². The molecule has 3 heterocycles. The fraction of sp³-hybridized carbons (Fsp3) is 0.300. The quantitative estimate of drug-likeness (QED) is 0.671. The zero-order valence-electron chi connectivity index (χ0n) is 15.8. The van der Waals surface area contributed by atoms with Crippen molar-refractivity contribution in [1.82, 2.24) is 24.9 Å². The molecule has 0 N–H and O–H groups in total. The molecule has 0 unspecified atom stereocenters. The second kappa shape index (κ2) is 7.94. The third-order valence-corrected chi connectivity index (χ3v) is 4.97. The molecule has 0 radical (unpaired) electrons. The lowest BCUT2D eigenvalue weighted by Gasteiger charge is -2.31. The second-order valence-electron chi connectivity index (χ2n) is 6.88. The first-order valence-corrected chi connectivity index (χ1v) is 9.27. The van der Waals surface area contributed by atoms with Gasteiger partial charge in [-0.3, -0.25) is 4.98 Å². The molecule has 9 heteroatoms. The molecule has 2 aromatic heterocycles. The summed E-state index contributed by atoms with van der Waals surface area (Å²) in [5, 5.41) is 8.10. The largest absolute Gasteiger partial charge is 0.415 e. The Kier molecular flexibility index (Phi) is 5.20. The fourth-order valence-electron chi connectivity index (χ4n) is 3.32. The molecule has 0 saturated carbocycles. The van der Waals surface area contributed by atoms with Crippen LogP contribution in [0.15, 0.2) is 42.7 Å². The summed E-state index contributed by atoms with van der Waals surface area (Å²) in [5.41, 5.74) is 1.20. The normalized spacial score (nSPS) is 14.8. The van der Waals surface area contributed by atoms with Crippen molar-refractivity contribution in [2.75, 3.05) is 13.1 Å². The average molecular weight is 399 g/mol. The van der Waals surface area contributed by atoms with Crippen LogP contribution >= 0.6 is 0 Å². The summed E-state index contributed by atoms with van der Waals surface area (Å²) in [6.45, 7) is 2.78. The van der Waals surface area contributed by atoms with Crippen LogP contribution in [-0.2, 0) is 0 Å². The molecule has 1 aliphatic rings. The molecule has 29 heavy (non-hydrogen) atoms. The number of nitrogens with zero attached hydrogens (tertiary/aromatic N) is 5. The van der Waals surface area contributed by atoms with E-state index in [9.17, 15) is 13.6 Å². The third-order valence-electron chi connectivity index (χ3n) is 4.97. The van der Waals surface area contributed by atoms with Gasteiger partial charge in [0, 0.05) is 30.9 Å². The Morgan fingerprint density at radius 1 is 1.21 bits per heavy atom. The Bertz CT molecular complexity index is 1030. The predicted molar refractivity (Wildman–Crippen MR) is 100 cm³/mol. The summed E-state index contributed by atoms with van der Waals surface area (Å²) in [7, 11) is 0. The summed E-state index contributed by atoms with van der Waals surface area (Å²) >= 11 is 0. The highest BCUT2D eigenvalue weighted by Gasteiger charge is 2.26. The summed E-state index contributed by atoms with van der Waals surface area (Å²) in [6.07, 6.45) is 4.20. The molecule has 1 saturated heterocycles. The van der Waals surface area contributed by atoms with Crippen molar-refractivity contribution in [1.29, 1.82) is 0 Å². The zero-order chi connectivity index (χ0) is 20.4. The first-order chi connectivity index (χ1) is 14.0. The SMILES string of the molecule is Cc1ncccc1OC(=O)N1CCC(n2cc(-c3ccc(F)cc3F)nn2)CC1. The van der Waals surface area contributed by atoms with Gasteiger partial charge in [-0.15, -0.1) is 5.10 Å². The van der Waals surface area contributed by atoms with Gasteiger partial charge in [0.2, 0.25) is 0 Å². The minimum atomic E-state index is -0.680. The summed E-state index contributed by atoms with van der Waals surface area (Å²) in [6, 6.07) is 6.81. The highest BCUT2D eigenvalue weighted by molar-refractivity contribution is 5.71. The van der Waals surface area contributed by atoms with Crippen molar-refractivity contribution < 1.29 is 18.3 Å². The Hall–Kier alpha value is -3.36. The first kappa shape index (κ1) is 19.0. The average Bonchev–Trinajstić information content (AvgIpc) is 3.19. The van der Waals surface area contributed by atoms with E-state index in [0.29, 0.717) is 43.1 Å². The Balaban J connectivity index is 1.38. The number of benzene rings is 1. The van der Waals surface area contributed by atoms with Gasteiger partial charge in [-0.05, 0) is 44.0 Å². The van der Waals surface area contributed by atoms with Crippen LogP contribution in [0.1, 0.15) is 24.6 Å². The molecule has 1 fully saturated rings. The molecule has 1 aliphatic heterocycles. The third kappa shape index (κ3) is 4.08. The molecule has 4 rings (SSSR count). The van der Waals surface area contributed by atoms with Crippen molar-refractivity contribution >= 4 is 6.09 Å². The van der Waals surface area contributed by atoms with E-state index in [1.165, 1.54) is 12.1 Å². The van der Waals surface area contributed by atoms with Gasteiger partial charge < -0.3 is 9.64 Å². The van der Waals surface area contributed by atoms with E-state index in [-0.39, 0.29) is 11.6 Å². The molecular formula is C20H19F2N5O2. The van der Waals surface area contributed by atoms with Crippen molar-refractivity contribution in [2.45, 2.75) is 25.8 Å². The molecule has 3 aromatic rings. The van der Waals surface area contributed by atoms with Gasteiger partial charge in [0.1, 0.15) is 17.3 Å². The summed E-state index contributed by atoms with van der Waals surface area (Å²) in [5.74, 6) is -0.874. The number of amides is 1. The summed E-state index contributed by atoms with van der Waals surface area (Å²) in [4.78, 5) is 18.1. The first-order valence-electron chi connectivity index (χ1n) is 9.27. The smallest absolute Gasteiger partial charge is 0.408 e. The van der Waals surface area contributed by atoms with Crippen molar-refractivity contribution in [3.63, 3.8) is 0 Å². The van der Waals surface area contributed by atoms with E-state index < -0.39 is 17.7 Å². The zero-order valence-corrected chi connectivity index (χ0v) is 15.8. The molecule has 0 bridgehead atoms. The molecule has 0 spiro atoms. The van der Waals surface area contributed by atoms with Crippen molar-refractivity contribution in [3.8, 4) is 17.0 Å². The van der Waals surface area contributed by atoms with Crippen molar-refractivity contribution in [3.05, 3.63) is 60.1 Å². The molecule has 1 aromatic carbocycles. The van der Waals surface area contributed by atoms with Crippen LogP contribution in [0.5, 0.6) is 5.75 Å². The van der Waals surface area contributed by atoms with Gasteiger partial charge in [-0.1, -0.05) is 5.21 Å². The lowest BCUT2D eigenvalue weighted by molar-refractivity contribution is 0.129. The lowest BCUT2D eigenvalue weighted by Crippen LogP contribution is -2.40. The number of rotatable bonds is 3. The monoisotopic (exact) mass is 399 g/mol. The fourth-order valence-corrected chi connectivity index (χ4v) is 3.32. The van der Waals surface area contributed by atoms with Crippen LogP contribution in [0.25, 0.3) is 11.3 Å². The highest BCUT2D eigenvalue weighted by atomic mass is 19.1. The maximum Gasteiger partial charge on any atom is 0.415 e. The number of halogens is 2. The van der Waals surface area contributed by atoms with Gasteiger partial charge in [-0.25, -0.2) is 18.3 Å². The number of hydrogen-bond donors (Lipinski definition) is 0. The number of hydrogen-bond acceptors (Lipinski definition) is 5. The number of aryl methyl sites for hydroxylation is 1. The Morgan fingerprint density at radius 2 is 2.00 bits per heavy atom. The summed E-state index contributed by atoms with van der Waals surface area (Å²) < 4.78 is 34.1. The van der Waals surface area contributed by atoms with E-state index in [4.69, 9.17) is 4.74 Å². The van der Waals surface area contributed by atoms with Crippen LogP contribution < -0.4 is 4.74 Å². The number of likely N-dealkylation sites (tertiary alicyclic amines) is 1. The maximum atomic E-state index is 14.0. The topological polar surface area (TPSA) is 73.1 Å². The standard InChI is InChI=1S/C20H19F2N5O2/c1-13-19(3-2-8-23-13)29-20(28)26-9-6-15(7-10-26)27-12-18(24-25-27)16-5-4-14(21)11-17(16)22/h2-5,8,11-12,15H,6-7,9-10H2,1H3. The second-order valence-corrected chi connectivity index (χ2v) is 6.88. The van der Waals surface area contributed by atoms with Gasteiger partial charge in [-0.2, -0.15) is 0 Å².